The fourth-order valence-corrected chi connectivity index (χ4v) is 1.73. The number of pyridine rings is 1. The average Bonchev–Trinajstić information content (AvgIpc) is 2.38. The molecule has 2 rings (SSSR count). The summed E-state index contributed by atoms with van der Waals surface area (Å²) in [4.78, 5) is 4.24. The maximum absolute atomic E-state index is 5.86. The molecule has 0 amide bonds. The van der Waals surface area contributed by atoms with Crippen LogP contribution in [0.4, 0.5) is 0 Å². The zero-order valence-electron chi connectivity index (χ0n) is 9.61. The van der Waals surface area contributed by atoms with Crippen LogP contribution in [-0.4, -0.2) is 19.2 Å². The molecule has 0 aliphatic rings. The molecule has 0 spiro atoms. The van der Waals surface area contributed by atoms with E-state index < -0.39 is 0 Å². The molecule has 88 valence electrons. The van der Waals surface area contributed by atoms with Gasteiger partial charge in [-0.05, 0) is 30.3 Å². The summed E-state index contributed by atoms with van der Waals surface area (Å²) in [6, 6.07) is 11.1. The highest BCUT2D eigenvalue weighted by atomic mass is 35.5. The van der Waals surface area contributed by atoms with Gasteiger partial charge in [0.05, 0.1) is 19.9 Å². The largest absolute Gasteiger partial charge is 0.493 e. The molecule has 3 nitrogen and oxygen atoms in total. The van der Waals surface area contributed by atoms with Gasteiger partial charge < -0.3 is 9.47 Å². The molecule has 1 aromatic heterocycles. The molecule has 0 aliphatic heterocycles. The number of nitrogens with zero attached hydrogens (tertiary/aromatic N) is 1. The van der Waals surface area contributed by atoms with Crippen LogP contribution in [-0.2, 0) is 0 Å². The number of halogens is 1. The summed E-state index contributed by atoms with van der Waals surface area (Å²) >= 11 is 5.86. The molecule has 0 N–H and O–H groups in total. The van der Waals surface area contributed by atoms with Crippen molar-refractivity contribution in [3.05, 3.63) is 41.6 Å². The third-order valence-corrected chi connectivity index (χ3v) is 2.60. The second-order valence-corrected chi connectivity index (χ2v) is 3.80. The zero-order chi connectivity index (χ0) is 12.3. The van der Waals surface area contributed by atoms with Crippen LogP contribution in [0.1, 0.15) is 0 Å². The van der Waals surface area contributed by atoms with E-state index in [1.807, 2.05) is 30.3 Å². The molecule has 1 aromatic carbocycles. The second-order valence-electron chi connectivity index (χ2n) is 3.42. The Morgan fingerprint density at radius 1 is 1.00 bits per heavy atom. The van der Waals surface area contributed by atoms with E-state index in [2.05, 4.69) is 4.98 Å². The molecule has 2 aromatic rings. The second kappa shape index (κ2) is 5.06. The summed E-state index contributed by atoms with van der Waals surface area (Å²) in [6.45, 7) is 0. The first-order valence-corrected chi connectivity index (χ1v) is 5.47. The van der Waals surface area contributed by atoms with E-state index in [-0.39, 0.29) is 0 Å². The SMILES string of the molecule is COc1ccc(-c2cccc(Cl)n2)cc1OC. The lowest BCUT2D eigenvalue weighted by atomic mass is 10.1. The van der Waals surface area contributed by atoms with Crippen molar-refractivity contribution >= 4 is 11.6 Å². The van der Waals surface area contributed by atoms with Crippen molar-refractivity contribution < 1.29 is 9.47 Å². The van der Waals surface area contributed by atoms with E-state index in [9.17, 15) is 0 Å². The summed E-state index contributed by atoms with van der Waals surface area (Å²) in [6.07, 6.45) is 0. The van der Waals surface area contributed by atoms with Gasteiger partial charge in [-0.25, -0.2) is 4.98 Å². The Bertz CT molecular complexity index is 529. The lowest BCUT2D eigenvalue weighted by Crippen LogP contribution is -1.91. The summed E-state index contributed by atoms with van der Waals surface area (Å²) < 4.78 is 10.4. The fourth-order valence-electron chi connectivity index (χ4n) is 1.56. The number of ether oxygens (including phenoxy) is 2. The minimum atomic E-state index is 0.470. The van der Waals surface area contributed by atoms with Crippen LogP contribution < -0.4 is 9.47 Å². The number of aromatic nitrogens is 1. The Hall–Kier alpha value is -1.74. The predicted molar refractivity (Wildman–Crippen MR) is 67.8 cm³/mol. The molecule has 0 saturated carbocycles. The van der Waals surface area contributed by atoms with Crippen molar-refractivity contribution in [1.29, 1.82) is 0 Å². The lowest BCUT2D eigenvalue weighted by molar-refractivity contribution is 0.355. The van der Waals surface area contributed by atoms with Crippen LogP contribution >= 0.6 is 11.6 Å². The molecule has 0 unspecified atom stereocenters. The minimum absolute atomic E-state index is 0.470. The van der Waals surface area contributed by atoms with Gasteiger partial charge in [-0.3, -0.25) is 0 Å². The highest BCUT2D eigenvalue weighted by Gasteiger charge is 2.07. The first kappa shape index (κ1) is 11.7. The smallest absolute Gasteiger partial charge is 0.161 e. The molecule has 0 fully saturated rings. The number of hydrogen-bond acceptors (Lipinski definition) is 3. The normalized spacial score (nSPS) is 10.1. The van der Waals surface area contributed by atoms with Gasteiger partial charge >= 0.3 is 0 Å². The van der Waals surface area contributed by atoms with E-state index in [4.69, 9.17) is 21.1 Å². The van der Waals surface area contributed by atoms with Crippen LogP contribution in [0.25, 0.3) is 11.3 Å². The van der Waals surface area contributed by atoms with Crippen LogP contribution in [0, 0.1) is 0 Å². The van der Waals surface area contributed by atoms with E-state index in [0.29, 0.717) is 16.7 Å². The maximum atomic E-state index is 5.86. The number of benzene rings is 1. The zero-order valence-corrected chi connectivity index (χ0v) is 10.4. The predicted octanol–water partition coefficient (Wildman–Crippen LogP) is 3.42. The molecular weight excluding hydrogens is 238 g/mol. The summed E-state index contributed by atoms with van der Waals surface area (Å²) in [5.74, 6) is 1.37. The van der Waals surface area contributed by atoms with Crippen molar-refractivity contribution in [2.45, 2.75) is 0 Å². The van der Waals surface area contributed by atoms with Gasteiger partial charge in [0, 0.05) is 5.56 Å². The van der Waals surface area contributed by atoms with E-state index >= 15 is 0 Å². The van der Waals surface area contributed by atoms with Crippen molar-refractivity contribution in [2.75, 3.05) is 14.2 Å². The molecule has 0 saturated heterocycles. The summed E-state index contributed by atoms with van der Waals surface area (Å²) in [7, 11) is 3.21. The maximum Gasteiger partial charge on any atom is 0.161 e. The number of methoxy groups -OCH3 is 2. The Morgan fingerprint density at radius 3 is 2.41 bits per heavy atom. The van der Waals surface area contributed by atoms with Crippen molar-refractivity contribution in [3.8, 4) is 22.8 Å². The molecule has 1 heterocycles. The molecule has 0 radical (unpaired) electrons. The van der Waals surface area contributed by atoms with Gasteiger partial charge in [0.2, 0.25) is 0 Å². The fraction of sp³-hybridized carbons (Fsp3) is 0.154. The van der Waals surface area contributed by atoms with E-state index in [1.165, 1.54) is 0 Å². The van der Waals surface area contributed by atoms with Crippen molar-refractivity contribution in [2.24, 2.45) is 0 Å². The third kappa shape index (κ3) is 2.50. The highest BCUT2D eigenvalue weighted by molar-refractivity contribution is 6.29. The minimum Gasteiger partial charge on any atom is -0.493 e. The molecule has 0 atom stereocenters. The van der Waals surface area contributed by atoms with Gasteiger partial charge in [-0.1, -0.05) is 17.7 Å². The van der Waals surface area contributed by atoms with Crippen molar-refractivity contribution in [3.63, 3.8) is 0 Å². The Morgan fingerprint density at radius 2 is 1.76 bits per heavy atom. The standard InChI is InChI=1S/C13H12ClNO2/c1-16-11-7-6-9(8-12(11)17-2)10-4-3-5-13(14)15-10/h3-8H,1-2H3. The first-order valence-electron chi connectivity index (χ1n) is 5.09. The third-order valence-electron chi connectivity index (χ3n) is 2.39. The topological polar surface area (TPSA) is 31.4 Å². The monoisotopic (exact) mass is 249 g/mol. The summed E-state index contributed by atoms with van der Waals surface area (Å²) in [5, 5.41) is 0.470. The number of rotatable bonds is 3. The van der Waals surface area contributed by atoms with Gasteiger partial charge in [-0.2, -0.15) is 0 Å². The Balaban J connectivity index is 2.46. The molecule has 0 bridgehead atoms. The van der Waals surface area contributed by atoms with E-state index in [1.54, 1.807) is 20.3 Å². The van der Waals surface area contributed by atoms with Crippen LogP contribution in [0.5, 0.6) is 11.5 Å². The Labute approximate surface area is 105 Å². The molecule has 17 heavy (non-hydrogen) atoms. The number of hydrogen-bond donors (Lipinski definition) is 0. The Kier molecular flexibility index (Phi) is 3.49. The van der Waals surface area contributed by atoms with Crippen LogP contribution in [0.2, 0.25) is 5.15 Å². The molecule has 4 heteroatoms. The highest BCUT2D eigenvalue weighted by Crippen LogP contribution is 2.31. The average molecular weight is 250 g/mol. The van der Waals surface area contributed by atoms with Gasteiger partial charge in [0.25, 0.3) is 0 Å². The first-order chi connectivity index (χ1) is 8.24. The molecule has 0 aliphatic carbocycles. The van der Waals surface area contributed by atoms with E-state index in [0.717, 1.165) is 11.3 Å². The quantitative estimate of drug-likeness (QED) is 0.781. The lowest BCUT2D eigenvalue weighted by Gasteiger charge is -2.09. The van der Waals surface area contributed by atoms with Crippen molar-refractivity contribution in [1.82, 2.24) is 4.98 Å². The van der Waals surface area contributed by atoms with Gasteiger partial charge in [-0.15, -0.1) is 0 Å². The molecular formula is C13H12ClNO2. The van der Waals surface area contributed by atoms with Gasteiger partial charge in [0.1, 0.15) is 5.15 Å². The summed E-state index contributed by atoms with van der Waals surface area (Å²) in [5.41, 5.74) is 1.74. The van der Waals surface area contributed by atoms with Crippen LogP contribution in [0.3, 0.4) is 0 Å². The van der Waals surface area contributed by atoms with Gasteiger partial charge in [0.15, 0.2) is 11.5 Å². The van der Waals surface area contributed by atoms with Crippen LogP contribution in [0.15, 0.2) is 36.4 Å².